The predicted molar refractivity (Wildman–Crippen MR) is 152 cm³/mol. The second-order valence-corrected chi connectivity index (χ2v) is 11.5. The van der Waals surface area contributed by atoms with Gasteiger partial charge in [-0.25, -0.2) is 13.4 Å². The van der Waals surface area contributed by atoms with Crippen LogP contribution in [0.4, 0.5) is 0 Å². The predicted octanol–water partition coefficient (Wildman–Crippen LogP) is 3.45. The second-order valence-electron chi connectivity index (χ2n) is 9.19. The SMILES string of the molecule is C=N/C(N)=C\C=C(/C)CNC(=O)/C=C/C1Cc2cc(-c3cccc(S(=O)(=O)N4CCOCC4)c3)cc(Cl)c2O1. The summed E-state index contributed by atoms with van der Waals surface area (Å²) in [5, 5.41) is 3.22. The Hall–Kier alpha value is -3.44. The van der Waals surface area contributed by atoms with Crippen LogP contribution in [-0.2, 0) is 26.0 Å². The number of carbonyl (C=O) groups is 1. The van der Waals surface area contributed by atoms with E-state index in [1.165, 1.54) is 10.4 Å². The molecule has 39 heavy (non-hydrogen) atoms. The molecule has 2 aliphatic rings. The molecular weight excluding hydrogens is 540 g/mol. The van der Waals surface area contributed by atoms with Gasteiger partial charge in [-0.1, -0.05) is 35.4 Å². The molecular formula is C28H31ClN4O5S. The van der Waals surface area contributed by atoms with E-state index in [4.69, 9.17) is 26.8 Å². The van der Waals surface area contributed by atoms with Crippen LogP contribution in [0, 0.1) is 0 Å². The summed E-state index contributed by atoms with van der Waals surface area (Å²) in [5.41, 5.74) is 8.87. The highest BCUT2D eigenvalue weighted by Crippen LogP contribution is 2.40. The van der Waals surface area contributed by atoms with Crippen LogP contribution >= 0.6 is 11.6 Å². The Labute approximate surface area is 233 Å². The smallest absolute Gasteiger partial charge is 0.244 e. The fraction of sp³-hybridized carbons (Fsp3) is 0.286. The molecule has 2 aromatic rings. The lowest BCUT2D eigenvalue weighted by molar-refractivity contribution is -0.116. The van der Waals surface area contributed by atoms with E-state index in [2.05, 4.69) is 17.0 Å². The number of morpholine rings is 1. The number of hydrogen-bond donors (Lipinski definition) is 2. The number of allylic oxidation sites excluding steroid dienone is 2. The average molecular weight is 571 g/mol. The largest absolute Gasteiger partial charge is 0.484 e. The van der Waals surface area contributed by atoms with Crippen LogP contribution in [-0.4, -0.2) is 64.3 Å². The quantitative estimate of drug-likeness (QED) is 0.270. The molecule has 4 rings (SSSR count). The number of carbonyl (C=O) groups excluding carboxylic acids is 1. The zero-order chi connectivity index (χ0) is 28.0. The van der Waals surface area contributed by atoms with E-state index in [0.29, 0.717) is 55.9 Å². The van der Waals surface area contributed by atoms with Gasteiger partial charge in [-0.2, -0.15) is 4.31 Å². The third-order valence-electron chi connectivity index (χ3n) is 6.31. The Balaban J connectivity index is 1.43. The Kier molecular flexibility index (Phi) is 9.24. The van der Waals surface area contributed by atoms with Crippen molar-refractivity contribution in [1.29, 1.82) is 0 Å². The molecule has 0 saturated carbocycles. The maximum Gasteiger partial charge on any atom is 0.244 e. The maximum absolute atomic E-state index is 13.1. The molecule has 0 aromatic heterocycles. The van der Waals surface area contributed by atoms with Crippen molar-refractivity contribution in [3.63, 3.8) is 0 Å². The number of aliphatic imine (C=N–C) groups is 1. The zero-order valence-corrected chi connectivity index (χ0v) is 23.2. The summed E-state index contributed by atoms with van der Waals surface area (Å²) < 4.78 is 38.9. The molecule has 2 aromatic carbocycles. The fourth-order valence-electron chi connectivity index (χ4n) is 4.21. The Morgan fingerprint density at radius 1 is 1.23 bits per heavy atom. The number of halogens is 1. The number of nitrogens with zero attached hydrogens (tertiary/aromatic N) is 2. The number of hydrogen-bond acceptors (Lipinski definition) is 7. The van der Waals surface area contributed by atoms with Gasteiger partial charge < -0.3 is 20.5 Å². The molecule has 3 N–H and O–H groups in total. The normalized spacial score (nSPS) is 18.6. The number of nitrogens with two attached hydrogens (primary N) is 1. The van der Waals surface area contributed by atoms with Gasteiger partial charge in [0, 0.05) is 37.7 Å². The first-order chi connectivity index (χ1) is 18.7. The van der Waals surface area contributed by atoms with Crippen LogP contribution in [0.25, 0.3) is 11.1 Å². The molecule has 206 valence electrons. The van der Waals surface area contributed by atoms with Gasteiger partial charge in [0.2, 0.25) is 15.9 Å². The number of benzene rings is 2. The maximum atomic E-state index is 13.1. The van der Waals surface area contributed by atoms with E-state index in [1.54, 1.807) is 42.5 Å². The van der Waals surface area contributed by atoms with Crippen molar-refractivity contribution in [2.45, 2.75) is 24.3 Å². The number of sulfonamides is 1. The fourth-order valence-corrected chi connectivity index (χ4v) is 5.95. The van der Waals surface area contributed by atoms with Crippen LogP contribution < -0.4 is 15.8 Å². The molecule has 1 unspecified atom stereocenters. The van der Waals surface area contributed by atoms with Crippen molar-refractivity contribution in [2.24, 2.45) is 10.7 Å². The molecule has 0 bridgehead atoms. The van der Waals surface area contributed by atoms with E-state index in [-0.39, 0.29) is 16.9 Å². The second kappa shape index (κ2) is 12.6. The standard InChI is InChI=1S/C28H31ClN4O5S/c1-19(6-8-26(30)31-2)18-32-27(34)9-7-23-15-22-14-21(17-25(29)28(22)38-23)20-4-3-5-24(16-20)39(35,36)33-10-12-37-13-11-33/h3-9,14,16-17,23H,2,10-13,15,18,30H2,1H3,(H,32,34)/b9-7+,19-6+,26-8-. The molecule has 1 amide bonds. The van der Waals surface area contributed by atoms with Crippen molar-refractivity contribution in [3.8, 4) is 16.9 Å². The Bertz CT molecular complexity index is 1450. The van der Waals surface area contributed by atoms with Gasteiger partial charge in [0.05, 0.1) is 23.1 Å². The number of nitrogens with one attached hydrogen (secondary N) is 1. The minimum Gasteiger partial charge on any atom is -0.484 e. The van der Waals surface area contributed by atoms with Crippen molar-refractivity contribution >= 4 is 34.2 Å². The number of rotatable bonds is 9. The molecule has 1 saturated heterocycles. The van der Waals surface area contributed by atoms with Crippen LogP contribution in [0.3, 0.4) is 0 Å². The number of fused-ring (bicyclic) bond motifs is 1. The van der Waals surface area contributed by atoms with Crippen LogP contribution in [0.2, 0.25) is 5.02 Å². The number of ether oxygens (including phenoxy) is 2. The molecule has 9 nitrogen and oxygen atoms in total. The first kappa shape index (κ1) is 28.6. The van der Waals surface area contributed by atoms with Crippen molar-refractivity contribution in [3.05, 3.63) is 82.7 Å². The summed E-state index contributed by atoms with van der Waals surface area (Å²) in [5.74, 6) is 0.601. The molecule has 0 aliphatic carbocycles. The lowest BCUT2D eigenvalue weighted by Gasteiger charge is -2.26. The topological polar surface area (TPSA) is 123 Å². The molecule has 2 aliphatic heterocycles. The first-order valence-corrected chi connectivity index (χ1v) is 14.2. The van der Waals surface area contributed by atoms with Gasteiger partial charge in [0.25, 0.3) is 0 Å². The number of amides is 1. The monoisotopic (exact) mass is 570 g/mol. The van der Waals surface area contributed by atoms with E-state index in [0.717, 1.165) is 22.3 Å². The molecule has 1 atom stereocenters. The summed E-state index contributed by atoms with van der Waals surface area (Å²) in [6, 6.07) is 10.5. The van der Waals surface area contributed by atoms with Crippen LogP contribution in [0.1, 0.15) is 12.5 Å². The lowest BCUT2D eigenvalue weighted by Crippen LogP contribution is -2.40. The Morgan fingerprint density at radius 2 is 2.00 bits per heavy atom. The molecule has 1 fully saturated rings. The van der Waals surface area contributed by atoms with E-state index >= 15 is 0 Å². The molecule has 0 spiro atoms. The molecule has 11 heteroatoms. The highest BCUT2D eigenvalue weighted by molar-refractivity contribution is 7.89. The van der Waals surface area contributed by atoms with Crippen molar-refractivity contribution < 1.29 is 22.7 Å². The Morgan fingerprint density at radius 3 is 2.74 bits per heavy atom. The van der Waals surface area contributed by atoms with E-state index < -0.39 is 10.0 Å². The van der Waals surface area contributed by atoms with Gasteiger partial charge in [-0.3, -0.25) is 4.79 Å². The molecule has 2 heterocycles. The van der Waals surface area contributed by atoms with Crippen molar-refractivity contribution in [2.75, 3.05) is 32.8 Å². The summed E-state index contributed by atoms with van der Waals surface area (Å²) >= 11 is 6.55. The summed E-state index contributed by atoms with van der Waals surface area (Å²) in [4.78, 5) is 16.1. The highest BCUT2D eigenvalue weighted by Gasteiger charge is 2.28. The third kappa shape index (κ3) is 7.15. The van der Waals surface area contributed by atoms with E-state index in [9.17, 15) is 13.2 Å². The zero-order valence-electron chi connectivity index (χ0n) is 21.6. The van der Waals surface area contributed by atoms with Gasteiger partial charge in [0.1, 0.15) is 17.7 Å². The summed E-state index contributed by atoms with van der Waals surface area (Å²) in [6.07, 6.45) is 6.68. The van der Waals surface area contributed by atoms with Crippen LogP contribution in [0.15, 0.2) is 82.0 Å². The van der Waals surface area contributed by atoms with Gasteiger partial charge >= 0.3 is 0 Å². The summed E-state index contributed by atoms with van der Waals surface area (Å²) in [6.45, 7) is 6.99. The highest BCUT2D eigenvalue weighted by atomic mass is 35.5. The van der Waals surface area contributed by atoms with Crippen LogP contribution in [0.5, 0.6) is 5.75 Å². The van der Waals surface area contributed by atoms with E-state index in [1.807, 2.05) is 19.1 Å². The minimum atomic E-state index is -3.63. The average Bonchev–Trinajstić information content (AvgIpc) is 3.38. The van der Waals surface area contributed by atoms with Gasteiger partial charge in [-0.05, 0) is 61.2 Å². The van der Waals surface area contributed by atoms with Gasteiger partial charge in [-0.15, -0.1) is 0 Å². The minimum absolute atomic E-state index is 0.225. The first-order valence-electron chi connectivity index (χ1n) is 12.4. The third-order valence-corrected chi connectivity index (χ3v) is 8.49. The molecule has 0 radical (unpaired) electrons. The summed E-state index contributed by atoms with van der Waals surface area (Å²) in [7, 11) is -3.63. The van der Waals surface area contributed by atoms with Crippen molar-refractivity contribution in [1.82, 2.24) is 9.62 Å². The lowest BCUT2D eigenvalue weighted by atomic mass is 10.0. The van der Waals surface area contributed by atoms with Gasteiger partial charge in [0.15, 0.2) is 0 Å².